The Bertz CT molecular complexity index is 1510. The SMILES string of the molecule is Cc1ccc(NS(=O)(=O)c2c(F)c(F)c(F)c(F)c2F)c(=O)n1C(C(N)=O)C(C)ON=C(N)N.O=C(O)C(F)(F)F. The number of rotatable bonds is 8. The number of hydrogen-bond donors (Lipinski definition) is 5. The topological polar surface area (TPSA) is 222 Å². The summed E-state index contributed by atoms with van der Waals surface area (Å²) < 4.78 is 127. The normalized spacial score (nSPS) is 12.8. The number of amides is 1. The van der Waals surface area contributed by atoms with E-state index in [1.165, 1.54) is 18.6 Å². The number of halogens is 8. The molecule has 2 rings (SSSR count). The Morgan fingerprint density at radius 3 is 1.83 bits per heavy atom. The quantitative estimate of drug-likeness (QED) is 0.0700. The molecule has 1 heterocycles. The van der Waals surface area contributed by atoms with Crippen molar-refractivity contribution in [3.05, 3.63) is 57.3 Å². The highest BCUT2D eigenvalue weighted by Gasteiger charge is 2.38. The second-order valence-corrected chi connectivity index (χ2v) is 9.16. The number of carbonyl (C=O) groups is 2. The number of alkyl halides is 3. The molecule has 2 atom stereocenters. The molecule has 22 heteroatoms. The molecule has 228 valence electrons. The molecule has 0 saturated heterocycles. The summed E-state index contributed by atoms with van der Waals surface area (Å²) in [7, 11) is -5.54. The van der Waals surface area contributed by atoms with Crippen LogP contribution < -0.4 is 27.5 Å². The zero-order valence-electron chi connectivity index (χ0n) is 20.3. The van der Waals surface area contributed by atoms with E-state index in [1.807, 2.05) is 0 Å². The number of carbonyl (C=O) groups excluding carboxylic acids is 1. The second-order valence-electron chi connectivity index (χ2n) is 7.54. The summed E-state index contributed by atoms with van der Waals surface area (Å²) in [6.45, 7) is 2.55. The summed E-state index contributed by atoms with van der Waals surface area (Å²) in [6, 6.07) is 0.299. The predicted molar refractivity (Wildman–Crippen MR) is 121 cm³/mol. The lowest BCUT2D eigenvalue weighted by Crippen LogP contribution is -2.42. The highest BCUT2D eigenvalue weighted by Crippen LogP contribution is 2.28. The van der Waals surface area contributed by atoms with E-state index in [0.717, 1.165) is 12.1 Å². The van der Waals surface area contributed by atoms with E-state index in [1.54, 1.807) is 0 Å². The molecule has 0 bridgehead atoms. The Morgan fingerprint density at radius 1 is 1.00 bits per heavy atom. The minimum atomic E-state index is -5.54. The van der Waals surface area contributed by atoms with E-state index in [0.29, 0.717) is 4.57 Å². The number of oxime groups is 1. The van der Waals surface area contributed by atoms with Crippen LogP contribution in [0.2, 0.25) is 0 Å². The van der Waals surface area contributed by atoms with Crippen LogP contribution in [0.3, 0.4) is 0 Å². The average molecular weight is 626 g/mol. The van der Waals surface area contributed by atoms with Crippen molar-refractivity contribution >= 4 is 33.5 Å². The predicted octanol–water partition coefficient (Wildman–Crippen LogP) is 0.906. The van der Waals surface area contributed by atoms with E-state index in [-0.39, 0.29) is 5.69 Å². The van der Waals surface area contributed by atoms with Crippen molar-refractivity contribution < 1.29 is 63.1 Å². The van der Waals surface area contributed by atoms with Crippen molar-refractivity contribution in [2.45, 2.75) is 37.1 Å². The van der Waals surface area contributed by atoms with E-state index in [2.05, 4.69) is 5.16 Å². The molecule has 0 aliphatic heterocycles. The summed E-state index contributed by atoms with van der Waals surface area (Å²) in [6.07, 6.45) is -6.38. The minimum Gasteiger partial charge on any atom is -0.475 e. The van der Waals surface area contributed by atoms with Gasteiger partial charge in [-0.2, -0.15) is 13.2 Å². The molecule has 0 fully saturated rings. The lowest BCUT2D eigenvalue weighted by atomic mass is 10.1. The molecular formula is C19H18F8N6O7S. The maximum atomic E-state index is 14.0. The first-order valence-electron chi connectivity index (χ1n) is 10.2. The summed E-state index contributed by atoms with van der Waals surface area (Å²) in [5.74, 6) is -17.3. The fraction of sp³-hybridized carbons (Fsp3) is 0.263. The number of nitrogens with zero attached hydrogens (tertiary/aromatic N) is 2. The molecule has 1 aromatic carbocycles. The van der Waals surface area contributed by atoms with Gasteiger partial charge in [0.2, 0.25) is 17.7 Å². The van der Waals surface area contributed by atoms with Gasteiger partial charge in [0, 0.05) is 5.69 Å². The fourth-order valence-corrected chi connectivity index (χ4v) is 4.05. The van der Waals surface area contributed by atoms with Crippen LogP contribution in [0.15, 0.2) is 27.0 Å². The number of benzene rings is 1. The highest BCUT2D eigenvalue weighted by molar-refractivity contribution is 7.92. The number of sulfonamides is 1. The first kappa shape index (κ1) is 34.4. The summed E-state index contributed by atoms with van der Waals surface area (Å²) in [5.41, 5.74) is 13.4. The van der Waals surface area contributed by atoms with Crippen LogP contribution in [0.25, 0.3) is 0 Å². The number of guanidine groups is 1. The van der Waals surface area contributed by atoms with Gasteiger partial charge in [-0.15, -0.1) is 0 Å². The number of aliphatic carboxylic acids is 1. The number of aromatic nitrogens is 1. The minimum absolute atomic E-state index is 0.0353. The zero-order chi connectivity index (χ0) is 32.2. The monoisotopic (exact) mass is 626 g/mol. The van der Waals surface area contributed by atoms with Crippen molar-refractivity contribution in [2.24, 2.45) is 22.4 Å². The van der Waals surface area contributed by atoms with Crippen molar-refractivity contribution in [3.63, 3.8) is 0 Å². The summed E-state index contributed by atoms with van der Waals surface area (Å²) >= 11 is 0. The number of primary amides is 1. The Morgan fingerprint density at radius 2 is 1.44 bits per heavy atom. The van der Waals surface area contributed by atoms with Crippen LogP contribution >= 0.6 is 0 Å². The zero-order valence-corrected chi connectivity index (χ0v) is 21.1. The maximum Gasteiger partial charge on any atom is 0.490 e. The molecule has 0 spiro atoms. The largest absolute Gasteiger partial charge is 0.490 e. The Balaban J connectivity index is 0.00000106. The average Bonchev–Trinajstić information content (AvgIpc) is 2.83. The van der Waals surface area contributed by atoms with Crippen LogP contribution in [0.1, 0.15) is 18.7 Å². The number of carboxylic acid groups (broad SMARTS) is 1. The highest BCUT2D eigenvalue weighted by atomic mass is 32.2. The number of nitrogens with two attached hydrogens (primary N) is 3. The molecule has 1 amide bonds. The van der Waals surface area contributed by atoms with Crippen LogP contribution in [0.4, 0.5) is 40.8 Å². The van der Waals surface area contributed by atoms with Crippen molar-refractivity contribution in [1.29, 1.82) is 0 Å². The summed E-state index contributed by atoms with van der Waals surface area (Å²) in [4.78, 5) is 36.5. The van der Waals surface area contributed by atoms with Crippen LogP contribution in [-0.2, 0) is 24.4 Å². The molecule has 2 unspecified atom stereocenters. The number of hydrogen-bond acceptors (Lipinski definition) is 7. The molecule has 0 aliphatic carbocycles. The molecule has 0 radical (unpaired) electrons. The van der Waals surface area contributed by atoms with Gasteiger partial charge in [0.25, 0.3) is 15.6 Å². The van der Waals surface area contributed by atoms with Gasteiger partial charge in [-0.05, 0) is 31.1 Å². The van der Waals surface area contributed by atoms with Crippen LogP contribution in [0, 0.1) is 36.0 Å². The number of pyridine rings is 1. The van der Waals surface area contributed by atoms with Gasteiger partial charge in [0.15, 0.2) is 40.3 Å². The van der Waals surface area contributed by atoms with E-state index in [4.69, 9.17) is 31.9 Å². The van der Waals surface area contributed by atoms with Crippen molar-refractivity contribution in [2.75, 3.05) is 4.72 Å². The number of nitrogens with one attached hydrogen (secondary N) is 1. The molecule has 0 aliphatic rings. The van der Waals surface area contributed by atoms with Gasteiger partial charge in [-0.25, -0.2) is 35.2 Å². The molecular weight excluding hydrogens is 608 g/mol. The molecule has 41 heavy (non-hydrogen) atoms. The Hall–Kier alpha value is -4.63. The Kier molecular flexibility index (Phi) is 10.7. The van der Waals surface area contributed by atoms with E-state index in [9.17, 15) is 53.1 Å². The third-order valence-electron chi connectivity index (χ3n) is 4.58. The third kappa shape index (κ3) is 7.95. The molecule has 1 aromatic heterocycles. The first-order valence-corrected chi connectivity index (χ1v) is 11.6. The standard InChI is InChI=1S/C17H17F5N6O5S.C2HF3O2/c1-5-3-4-7(16(30)28(5)13(15(23)29)6(2)33-26-17(24)25)27-34(31,32)14-11(21)9(19)8(18)10(20)12(14)22;3-2(4,5)1(6)7/h3-4,6,13,27H,1-2H3,(H2,23,29)(H4,24,25,26);(H,6,7). The van der Waals surface area contributed by atoms with Gasteiger partial charge in [0.1, 0.15) is 5.69 Å². The van der Waals surface area contributed by atoms with E-state index < -0.39 is 91.4 Å². The number of aryl methyl sites for hydroxylation is 1. The second kappa shape index (κ2) is 12.7. The lowest BCUT2D eigenvalue weighted by Gasteiger charge is -2.24. The van der Waals surface area contributed by atoms with Crippen LogP contribution in [0.5, 0.6) is 0 Å². The molecule has 0 saturated carbocycles. The van der Waals surface area contributed by atoms with Gasteiger partial charge < -0.3 is 27.1 Å². The third-order valence-corrected chi connectivity index (χ3v) is 5.97. The van der Waals surface area contributed by atoms with Gasteiger partial charge in [-0.1, -0.05) is 0 Å². The van der Waals surface area contributed by atoms with Gasteiger partial charge in [0.05, 0.1) is 0 Å². The van der Waals surface area contributed by atoms with Gasteiger partial charge >= 0.3 is 12.1 Å². The first-order chi connectivity index (χ1) is 18.6. The number of anilines is 1. The molecule has 13 nitrogen and oxygen atoms in total. The van der Waals surface area contributed by atoms with Gasteiger partial charge in [-0.3, -0.25) is 18.9 Å². The van der Waals surface area contributed by atoms with Crippen molar-refractivity contribution in [3.8, 4) is 0 Å². The van der Waals surface area contributed by atoms with Crippen molar-refractivity contribution in [1.82, 2.24) is 4.57 Å². The molecule has 2 aromatic rings. The number of carboxylic acids is 1. The Labute approximate surface area is 223 Å². The fourth-order valence-electron chi connectivity index (χ4n) is 2.86. The maximum absolute atomic E-state index is 14.0. The smallest absolute Gasteiger partial charge is 0.475 e. The lowest BCUT2D eigenvalue weighted by molar-refractivity contribution is -0.192. The summed E-state index contributed by atoms with van der Waals surface area (Å²) in [5, 5.41) is 10.4. The van der Waals surface area contributed by atoms with E-state index >= 15 is 0 Å². The van der Waals surface area contributed by atoms with Crippen LogP contribution in [-0.4, -0.2) is 48.2 Å². The molecule has 8 N–H and O–H groups in total.